The first kappa shape index (κ1) is 14.6. The van der Waals surface area contributed by atoms with Crippen LogP contribution < -0.4 is 5.32 Å². The van der Waals surface area contributed by atoms with E-state index in [2.05, 4.69) is 5.32 Å². The average Bonchev–Trinajstić information content (AvgIpc) is 3.19. The topological polar surface area (TPSA) is 79.5 Å². The van der Waals surface area contributed by atoms with Crippen molar-refractivity contribution in [2.45, 2.75) is 33.6 Å². The predicted octanol–water partition coefficient (Wildman–Crippen LogP) is 2.95. The van der Waals surface area contributed by atoms with E-state index in [0.717, 1.165) is 27.7 Å². The number of amides is 1. The summed E-state index contributed by atoms with van der Waals surface area (Å²) in [6.45, 7) is 5.93. The number of hydrogen-bond acceptors (Lipinski definition) is 3. The third-order valence-electron chi connectivity index (χ3n) is 4.58. The monoisotopic (exact) mass is 301 g/mol. The van der Waals surface area contributed by atoms with Crippen LogP contribution in [0.5, 0.6) is 0 Å². The number of hydrogen-bond donors (Lipinski definition) is 2. The van der Waals surface area contributed by atoms with Crippen molar-refractivity contribution in [1.82, 2.24) is 5.32 Å². The largest absolute Gasteiger partial charge is 0.481 e. The number of aryl methyl sites for hydroxylation is 3. The van der Waals surface area contributed by atoms with Crippen molar-refractivity contribution in [3.63, 3.8) is 0 Å². The lowest BCUT2D eigenvalue weighted by molar-refractivity contribution is -0.143. The zero-order chi connectivity index (χ0) is 16.1. The third kappa shape index (κ3) is 2.17. The quantitative estimate of drug-likeness (QED) is 0.910. The van der Waals surface area contributed by atoms with Gasteiger partial charge in [0.1, 0.15) is 5.58 Å². The van der Waals surface area contributed by atoms with Crippen LogP contribution in [0.2, 0.25) is 0 Å². The van der Waals surface area contributed by atoms with Gasteiger partial charge in [-0.05, 0) is 44.7 Å². The van der Waals surface area contributed by atoms with Gasteiger partial charge in [0.15, 0.2) is 5.76 Å². The summed E-state index contributed by atoms with van der Waals surface area (Å²) in [4.78, 5) is 23.5. The minimum Gasteiger partial charge on any atom is -0.481 e. The second kappa shape index (κ2) is 4.87. The molecule has 3 rings (SSSR count). The second-order valence-electron chi connectivity index (χ2n) is 6.23. The van der Waals surface area contributed by atoms with E-state index in [1.807, 2.05) is 32.9 Å². The van der Waals surface area contributed by atoms with E-state index in [4.69, 9.17) is 9.52 Å². The number of fused-ring (bicyclic) bond motifs is 1. The molecule has 1 aliphatic carbocycles. The van der Waals surface area contributed by atoms with Crippen LogP contribution in [-0.2, 0) is 4.79 Å². The summed E-state index contributed by atoms with van der Waals surface area (Å²) in [5.41, 5.74) is 2.79. The normalized spacial score (nSPS) is 15.8. The van der Waals surface area contributed by atoms with Crippen LogP contribution in [0.25, 0.3) is 11.0 Å². The summed E-state index contributed by atoms with van der Waals surface area (Å²) in [6.07, 6.45) is 1.22. The molecule has 0 spiro atoms. The van der Waals surface area contributed by atoms with Gasteiger partial charge >= 0.3 is 5.97 Å². The van der Waals surface area contributed by atoms with Crippen LogP contribution in [0.4, 0.5) is 0 Å². The molecule has 0 atom stereocenters. The Kier molecular flexibility index (Phi) is 3.24. The van der Waals surface area contributed by atoms with E-state index in [9.17, 15) is 9.59 Å². The fraction of sp³-hybridized carbons (Fsp3) is 0.412. The summed E-state index contributed by atoms with van der Waals surface area (Å²) in [5, 5.41) is 12.8. The fourth-order valence-electron chi connectivity index (χ4n) is 2.84. The number of carboxylic acid groups (broad SMARTS) is 1. The molecule has 1 fully saturated rings. The molecule has 1 aromatic carbocycles. The van der Waals surface area contributed by atoms with Gasteiger partial charge in [-0.2, -0.15) is 0 Å². The molecule has 1 heterocycles. The van der Waals surface area contributed by atoms with E-state index >= 15 is 0 Å². The highest BCUT2D eigenvalue weighted by Crippen LogP contribution is 2.45. The van der Waals surface area contributed by atoms with Crippen molar-refractivity contribution in [2.24, 2.45) is 5.41 Å². The predicted molar refractivity (Wildman–Crippen MR) is 82.1 cm³/mol. The van der Waals surface area contributed by atoms with E-state index in [-0.39, 0.29) is 18.2 Å². The van der Waals surface area contributed by atoms with Crippen molar-refractivity contribution in [2.75, 3.05) is 6.54 Å². The van der Waals surface area contributed by atoms with Crippen LogP contribution >= 0.6 is 0 Å². The lowest BCUT2D eigenvalue weighted by Gasteiger charge is -2.10. The van der Waals surface area contributed by atoms with E-state index in [0.29, 0.717) is 12.8 Å². The van der Waals surface area contributed by atoms with E-state index in [1.54, 1.807) is 0 Å². The molecule has 5 heteroatoms. The number of carbonyl (C=O) groups excluding carboxylic acids is 1. The van der Waals surface area contributed by atoms with E-state index < -0.39 is 11.4 Å². The maximum atomic E-state index is 12.4. The summed E-state index contributed by atoms with van der Waals surface area (Å²) >= 11 is 0. The van der Waals surface area contributed by atoms with Crippen molar-refractivity contribution < 1.29 is 19.1 Å². The molecule has 0 bridgehead atoms. The standard InChI is InChI=1S/C17H19NO4/c1-9-4-5-10(2)13-12(9)11(3)14(22-13)15(19)18-8-17(6-7-17)16(20)21/h4-5H,6-8H2,1-3H3,(H,18,19)(H,20,21). The SMILES string of the molecule is Cc1ccc(C)c2c(C)c(C(=O)NCC3(C(=O)O)CC3)oc12. The maximum Gasteiger partial charge on any atom is 0.311 e. The highest BCUT2D eigenvalue weighted by molar-refractivity contribution is 6.00. The summed E-state index contributed by atoms with van der Waals surface area (Å²) in [6, 6.07) is 3.97. The zero-order valence-corrected chi connectivity index (χ0v) is 12.9. The molecule has 1 saturated carbocycles. The third-order valence-corrected chi connectivity index (χ3v) is 4.58. The fourth-order valence-corrected chi connectivity index (χ4v) is 2.84. The number of benzene rings is 1. The highest BCUT2D eigenvalue weighted by atomic mass is 16.4. The number of nitrogens with one attached hydrogen (secondary N) is 1. The van der Waals surface area contributed by atoms with Crippen molar-refractivity contribution in [1.29, 1.82) is 0 Å². The average molecular weight is 301 g/mol. The Morgan fingerprint density at radius 3 is 2.41 bits per heavy atom. The molecule has 1 amide bonds. The Hall–Kier alpha value is -2.30. The molecule has 5 nitrogen and oxygen atoms in total. The van der Waals surface area contributed by atoms with Gasteiger partial charge < -0.3 is 14.8 Å². The molecule has 116 valence electrons. The van der Waals surface area contributed by atoms with Crippen LogP contribution in [0.15, 0.2) is 16.5 Å². The van der Waals surface area contributed by atoms with Gasteiger partial charge in [-0.15, -0.1) is 0 Å². The number of aliphatic carboxylic acids is 1. The molecule has 0 radical (unpaired) electrons. The number of furan rings is 1. The molecular formula is C17H19NO4. The minimum atomic E-state index is -0.846. The molecule has 0 unspecified atom stereocenters. The van der Waals surface area contributed by atoms with Crippen LogP contribution in [-0.4, -0.2) is 23.5 Å². The molecule has 1 aromatic heterocycles. The van der Waals surface area contributed by atoms with Gasteiger partial charge in [0, 0.05) is 17.5 Å². The van der Waals surface area contributed by atoms with Gasteiger partial charge in [-0.1, -0.05) is 12.1 Å². The Bertz CT molecular complexity index is 784. The Morgan fingerprint density at radius 1 is 1.23 bits per heavy atom. The first-order valence-electron chi connectivity index (χ1n) is 7.37. The minimum absolute atomic E-state index is 0.148. The summed E-state index contributed by atoms with van der Waals surface area (Å²) in [7, 11) is 0. The van der Waals surface area contributed by atoms with Crippen molar-refractivity contribution in [3.8, 4) is 0 Å². The zero-order valence-electron chi connectivity index (χ0n) is 12.9. The maximum absolute atomic E-state index is 12.4. The Labute approximate surface area is 128 Å². The second-order valence-corrected chi connectivity index (χ2v) is 6.23. The molecule has 1 aliphatic rings. The van der Waals surface area contributed by atoms with Gasteiger partial charge in [0.25, 0.3) is 5.91 Å². The molecule has 2 aromatic rings. The lowest BCUT2D eigenvalue weighted by Crippen LogP contribution is -2.34. The molecule has 0 saturated heterocycles. The van der Waals surface area contributed by atoms with Gasteiger partial charge in [0.2, 0.25) is 0 Å². The van der Waals surface area contributed by atoms with Crippen molar-refractivity contribution >= 4 is 22.8 Å². The number of carbonyl (C=O) groups is 2. The molecule has 0 aliphatic heterocycles. The van der Waals surface area contributed by atoms with Gasteiger partial charge in [-0.25, -0.2) is 0 Å². The molecular weight excluding hydrogens is 282 g/mol. The van der Waals surface area contributed by atoms with E-state index in [1.165, 1.54) is 0 Å². The lowest BCUT2D eigenvalue weighted by atomic mass is 10.0. The summed E-state index contributed by atoms with van der Waals surface area (Å²) < 4.78 is 5.76. The Balaban J connectivity index is 1.89. The van der Waals surface area contributed by atoms with Crippen LogP contribution in [0.3, 0.4) is 0 Å². The van der Waals surface area contributed by atoms with Crippen LogP contribution in [0.1, 0.15) is 40.1 Å². The van der Waals surface area contributed by atoms with Crippen LogP contribution in [0, 0.1) is 26.2 Å². The summed E-state index contributed by atoms with van der Waals surface area (Å²) in [5.74, 6) is -0.922. The smallest absolute Gasteiger partial charge is 0.311 e. The highest BCUT2D eigenvalue weighted by Gasteiger charge is 2.50. The molecule has 2 N–H and O–H groups in total. The first-order chi connectivity index (χ1) is 10.4. The van der Waals surface area contributed by atoms with Gasteiger partial charge in [-0.3, -0.25) is 9.59 Å². The Morgan fingerprint density at radius 2 is 1.86 bits per heavy atom. The number of rotatable bonds is 4. The first-order valence-corrected chi connectivity index (χ1v) is 7.37. The van der Waals surface area contributed by atoms with Gasteiger partial charge in [0.05, 0.1) is 5.41 Å². The van der Waals surface area contributed by atoms with Crippen molar-refractivity contribution in [3.05, 3.63) is 34.6 Å². The molecule has 22 heavy (non-hydrogen) atoms. The number of carboxylic acids is 1.